The molecule has 28 heavy (non-hydrogen) atoms. The first-order valence-electron chi connectivity index (χ1n) is 8.69. The van der Waals surface area contributed by atoms with Crippen molar-refractivity contribution in [2.75, 3.05) is 4.72 Å². The Kier molecular flexibility index (Phi) is 5.44. The molecule has 140 valence electrons. The summed E-state index contributed by atoms with van der Waals surface area (Å²) in [7, 11) is -1.53. The lowest BCUT2D eigenvalue weighted by atomic mass is 10.1. The third-order valence-electron chi connectivity index (χ3n) is 4.13. The fraction of sp³-hybridized carbons (Fsp3) is 0.150. The van der Waals surface area contributed by atoms with Crippen LogP contribution >= 0.6 is 0 Å². The van der Waals surface area contributed by atoms with Gasteiger partial charge in [0.2, 0.25) is 0 Å². The maximum absolute atomic E-state index is 12.8. The number of nitrogens with one attached hydrogen (secondary N) is 2. The molecule has 1 atom stereocenters. The molecular weight excluding hydrogens is 372 g/mol. The third-order valence-corrected chi connectivity index (χ3v) is 5.21. The highest BCUT2D eigenvalue weighted by atomic mass is 32.2. The van der Waals surface area contributed by atoms with Crippen LogP contribution in [0.5, 0.6) is 0 Å². The number of aromatic nitrogens is 3. The maximum atomic E-state index is 12.8. The first-order valence-corrected chi connectivity index (χ1v) is 9.84. The summed E-state index contributed by atoms with van der Waals surface area (Å²) in [6.07, 6.45) is 4.97. The number of aryl methyl sites for hydroxylation is 1. The van der Waals surface area contributed by atoms with Gasteiger partial charge >= 0.3 is 0 Å². The minimum atomic E-state index is -1.53. The number of hydrogen-bond donors (Lipinski definition) is 2. The summed E-state index contributed by atoms with van der Waals surface area (Å²) in [6, 6.07) is 11.2. The van der Waals surface area contributed by atoms with E-state index in [1.807, 2.05) is 39.0 Å². The largest absolute Gasteiger partial charge is 0.358 e. The smallest absolute Gasteiger partial charge is 0.159 e. The molecule has 1 aromatic carbocycles. The molecule has 0 aliphatic carbocycles. The number of rotatable bonds is 3. The van der Waals surface area contributed by atoms with Gasteiger partial charge in [-0.3, -0.25) is 4.72 Å². The predicted octanol–water partition coefficient (Wildman–Crippen LogP) is 4.03. The quantitative estimate of drug-likeness (QED) is 0.550. The van der Waals surface area contributed by atoms with E-state index >= 15 is 0 Å². The second kappa shape index (κ2) is 7.95. The summed E-state index contributed by atoms with van der Waals surface area (Å²) < 4.78 is 17.4. The Balaban J connectivity index is 0.00000109. The highest BCUT2D eigenvalue weighted by Crippen LogP contribution is 2.29. The Bertz CT molecular complexity index is 1270. The molecule has 0 radical (unpaired) electrons. The van der Waals surface area contributed by atoms with Crippen LogP contribution in [-0.2, 0) is 11.0 Å². The summed E-state index contributed by atoms with van der Waals surface area (Å²) in [4.78, 5) is 7.76. The Hall–Kier alpha value is -3.62. The normalized spacial score (nSPS) is 11.3. The van der Waals surface area contributed by atoms with Gasteiger partial charge in [0.05, 0.1) is 21.7 Å². The van der Waals surface area contributed by atoms with Crippen molar-refractivity contribution in [1.29, 1.82) is 10.5 Å². The van der Waals surface area contributed by atoms with Crippen LogP contribution in [0.25, 0.3) is 16.6 Å². The first kappa shape index (κ1) is 19.2. The number of anilines is 1. The maximum Gasteiger partial charge on any atom is 0.159 e. The summed E-state index contributed by atoms with van der Waals surface area (Å²) >= 11 is 0. The molecule has 3 aromatic heterocycles. The van der Waals surface area contributed by atoms with E-state index in [1.165, 1.54) is 0 Å². The first-order chi connectivity index (χ1) is 13.6. The van der Waals surface area contributed by atoms with Crippen LogP contribution in [0.1, 0.15) is 30.7 Å². The average Bonchev–Trinajstić information content (AvgIpc) is 3.35. The Morgan fingerprint density at radius 1 is 1.21 bits per heavy atom. The number of nitrogens with zero attached hydrogens (tertiary/aromatic N) is 4. The molecule has 4 rings (SSSR count). The van der Waals surface area contributed by atoms with E-state index < -0.39 is 11.0 Å². The zero-order chi connectivity index (χ0) is 20.3. The summed E-state index contributed by atoms with van der Waals surface area (Å²) in [6.45, 7) is 5.93. The van der Waals surface area contributed by atoms with Crippen LogP contribution in [0.3, 0.4) is 0 Å². The molecule has 0 aliphatic heterocycles. The Morgan fingerprint density at radius 3 is 2.71 bits per heavy atom. The highest BCUT2D eigenvalue weighted by Gasteiger charge is 2.13. The lowest BCUT2D eigenvalue weighted by molar-refractivity contribution is 0.686. The van der Waals surface area contributed by atoms with E-state index in [0.29, 0.717) is 27.5 Å². The number of imidazole rings is 1. The molecular formula is C20H18N6OS. The van der Waals surface area contributed by atoms with Crippen molar-refractivity contribution in [3.05, 3.63) is 59.7 Å². The number of benzene rings is 1. The second-order valence-corrected chi connectivity index (χ2v) is 6.94. The molecule has 1 unspecified atom stereocenters. The van der Waals surface area contributed by atoms with E-state index in [9.17, 15) is 9.47 Å². The van der Waals surface area contributed by atoms with Crippen molar-refractivity contribution >= 4 is 33.2 Å². The molecule has 3 heterocycles. The lowest BCUT2D eigenvalue weighted by Gasteiger charge is -2.09. The van der Waals surface area contributed by atoms with Gasteiger partial charge in [0.25, 0.3) is 0 Å². The van der Waals surface area contributed by atoms with Crippen LogP contribution in [0.2, 0.25) is 0 Å². The zero-order valence-corrected chi connectivity index (χ0v) is 16.5. The standard InChI is InChI=1S/C18H12N6OS.C2H6/c1-11-2-3-15(18-17(11)12(7-19)9-21-18)23-26(25)14-4-5-24-10-13(8-20)22-16(24)6-14;1-2/h2-6,9-10,21,23H,1H3;1-2H3. The van der Waals surface area contributed by atoms with Crippen molar-refractivity contribution < 1.29 is 4.21 Å². The van der Waals surface area contributed by atoms with Crippen LogP contribution < -0.4 is 4.72 Å². The summed E-state index contributed by atoms with van der Waals surface area (Å²) in [5.74, 6) is 0. The number of hydrogen-bond acceptors (Lipinski definition) is 4. The van der Waals surface area contributed by atoms with Crippen molar-refractivity contribution in [3.8, 4) is 12.1 Å². The lowest BCUT2D eigenvalue weighted by Crippen LogP contribution is -2.06. The number of nitriles is 2. The van der Waals surface area contributed by atoms with Crippen molar-refractivity contribution in [2.24, 2.45) is 0 Å². The molecule has 8 heteroatoms. The van der Waals surface area contributed by atoms with Crippen LogP contribution in [-0.4, -0.2) is 18.6 Å². The van der Waals surface area contributed by atoms with Gasteiger partial charge in [-0.25, -0.2) is 9.19 Å². The van der Waals surface area contributed by atoms with Gasteiger partial charge in [-0.1, -0.05) is 19.9 Å². The topological polar surface area (TPSA) is 110 Å². The van der Waals surface area contributed by atoms with E-state index in [-0.39, 0.29) is 0 Å². The number of aromatic amines is 1. The molecule has 0 saturated heterocycles. The number of fused-ring (bicyclic) bond motifs is 2. The summed E-state index contributed by atoms with van der Waals surface area (Å²) in [5.41, 5.74) is 3.76. The molecule has 0 amide bonds. The molecule has 0 aliphatic rings. The van der Waals surface area contributed by atoms with Gasteiger partial charge in [0, 0.05) is 24.0 Å². The molecule has 0 spiro atoms. The van der Waals surface area contributed by atoms with E-state index in [2.05, 4.69) is 20.8 Å². The molecule has 7 nitrogen and oxygen atoms in total. The molecule has 2 N–H and O–H groups in total. The molecule has 0 fully saturated rings. The zero-order valence-electron chi connectivity index (χ0n) is 15.6. The van der Waals surface area contributed by atoms with Gasteiger partial charge in [0.1, 0.15) is 17.8 Å². The van der Waals surface area contributed by atoms with Gasteiger partial charge in [-0.2, -0.15) is 10.5 Å². The van der Waals surface area contributed by atoms with E-state index in [0.717, 1.165) is 16.5 Å². The van der Waals surface area contributed by atoms with Crippen LogP contribution in [0.15, 0.2) is 47.8 Å². The van der Waals surface area contributed by atoms with Crippen LogP contribution in [0, 0.1) is 29.6 Å². The van der Waals surface area contributed by atoms with Crippen molar-refractivity contribution in [1.82, 2.24) is 14.4 Å². The molecule has 0 bridgehead atoms. The minimum absolute atomic E-state index is 0.302. The fourth-order valence-electron chi connectivity index (χ4n) is 2.88. The SMILES string of the molecule is CC.Cc1ccc(NS(=O)c2ccn3cc(C#N)nc3c2)c2[nH]cc(C#N)c12. The Labute approximate surface area is 164 Å². The van der Waals surface area contributed by atoms with E-state index in [1.54, 1.807) is 35.1 Å². The highest BCUT2D eigenvalue weighted by molar-refractivity contribution is 7.86. The van der Waals surface area contributed by atoms with Gasteiger partial charge in [-0.15, -0.1) is 0 Å². The van der Waals surface area contributed by atoms with Crippen LogP contribution in [0.4, 0.5) is 5.69 Å². The third kappa shape index (κ3) is 3.34. The van der Waals surface area contributed by atoms with Gasteiger partial charge in [0.15, 0.2) is 16.7 Å². The van der Waals surface area contributed by atoms with E-state index in [4.69, 9.17) is 5.26 Å². The monoisotopic (exact) mass is 390 g/mol. The second-order valence-electron chi connectivity index (χ2n) is 5.73. The fourth-order valence-corrected chi connectivity index (χ4v) is 3.77. The average molecular weight is 390 g/mol. The minimum Gasteiger partial charge on any atom is -0.358 e. The number of H-pyrrole nitrogens is 1. The Morgan fingerprint density at radius 2 is 2.00 bits per heavy atom. The number of pyridine rings is 1. The molecule has 4 aromatic rings. The van der Waals surface area contributed by atoms with Gasteiger partial charge in [-0.05, 0) is 30.7 Å². The molecule has 0 saturated carbocycles. The van der Waals surface area contributed by atoms with Gasteiger partial charge < -0.3 is 9.38 Å². The summed E-state index contributed by atoms with van der Waals surface area (Å²) in [5, 5.41) is 19.0. The van der Waals surface area contributed by atoms with Crippen molar-refractivity contribution in [2.45, 2.75) is 25.7 Å². The predicted molar refractivity (Wildman–Crippen MR) is 109 cm³/mol. The van der Waals surface area contributed by atoms with Crippen molar-refractivity contribution in [3.63, 3.8) is 0 Å².